The monoisotopic (exact) mass is 513 g/mol. The van der Waals surface area contributed by atoms with Gasteiger partial charge < -0.3 is 14.8 Å². The van der Waals surface area contributed by atoms with Crippen molar-refractivity contribution >= 4 is 63.9 Å². The summed E-state index contributed by atoms with van der Waals surface area (Å²) < 4.78 is 24.9. The molecule has 0 heterocycles. The molecule has 1 N–H and O–H groups in total. The summed E-state index contributed by atoms with van der Waals surface area (Å²) >= 11 is 29.1. The van der Waals surface area contributed by atoms with Gasteiger partial charge in [-0.25, -0.2) is 4.39 Å². The lowest BCUT2D eigenvalue weighted by Gasteiger charge is -2.12. The molecule has 1 amide bonds. The number of nitrogens with one attached hydrogen (secondary N) is 1. The largest absolute Gasteiger partial charge is 0.490 e. The van der Waals surface area contributed by atoms with Crippen molar-refractivity contribution in [3.63, 3.8) is 0 Å². The fourth-order valence-corrected chi connectivity index (χ4v) is 3.19. The molecule has 2 aromatic rings. The molecule has 0 aromatic heterocycles. The van der Waals surface area contributed by atoms with Gasteiger partial charge in [-0.15, -0.1) is 0 Å². The molecule has 0 saturated heterocycles. The maximum Gasteiger partial charge on any atom is 0.254 e. The molecule has 0 radical (unpaired) electrons. The fourth-order valence-electron chi connectivity index (χ4n) is 2.33. The molecule has 30 heavy (non-hydrogen) atoms. The van der Waals surface area contributed by atoms with E-state index in [9.17, 15) is 9.18 Å². The average molecular weight is 516 g/mol. The summed E-state index contributed by atoms with van der Waals surface area (Å²) in [4.78, 5) is 12.0. The highest BCUT2D eigenvalue weighted by molar-refractivity contribution is 6.55. The summed E-state index contributed by atoms with van der Waals surface area (Å²) in [5.41, 5.74) is -0.0552. The van der Waals surface area contributed by atoms with Gasteiger partial charge in [-0.3, -0.25) is 4.79 Å². The molecule has 0 aliphatic carbocycles. The Labute approximate surface area is 198 Å². The van der Waals surface area contributed by atoms with Crippen molar-refractivity contribution in [2.24, 2.45) is 0 Å². The fraction of sp³-hybridized carbons (Fsp3) is 0.250. The molecule has 0 unspecified atom stereocenters. The molecule has 2 rings (SSSR count). The molecular weight excluding hydrogens is 498 g/mol. The molecule has 0 fully saturated rings. The third-order valence-electron chi connectivity index (χ3n) is 3.74. The third kappa shape index (κ3) is 8.05. The zero-order chi connectivity index (χ0) is 22.1. The van der Waals surface area contributed by atoms with Gasteiger partial charge in [0.2, 0.25) is 0 Å². The molecule has 0 bridgehead atoms. The van der Waals surface area contributed by atoms with Crippen LogP contribution >= 0.6 is 58.0 Å². The van der Waals surface area contributed by atoms with Crippen LogP contribution in [-0.4, -0.2) is 25.7 Å². The minimum atomic E-state index is -0.665. The molecule has 0 saturated carbocycles. The summed E-state index contributed by atoms with van der Waals surface area (Å²) in [7, 11) is 0. The van der Waals surface area contributed by atoms with Crippen LogP contribution in [0.3, 0.4) is 0 Å². The minimum Gasteiger partial charge on any atom is -0.490 e. The van der Waals surface area contributed by atoms with Crippen LogP contribution < -0.4 is 14.8 Å². The number of ether oxygens (including phenoxy) is 2. The van der Waals surface area contributed by atoms with Gasteiger partial charge in [0.25, 0.3) is 5.91 Å². The van der Waals surface area contributed by atoms with Crippen molar-refractivity contribution in [3.8, 4) is 11.5 Å². The Bertz CT molecular complexity index is 896. The first-order valence-electron chi connectivity index (χ1n) is 8.77. The summed E-state index contributed by atoms with van der Waals surface area (Å²) in [6.07, 6.45) is 2.71. The molecule has 0 aliphatic heterocycles. The molecule has 0 atom stereocenters. The van der Waals surface area contributed by atoms with E-state index in [-0.39, 0.29) is 21.7 Å². The summed E-state index contributed by atoms with van der Waals surface area (Å²) in [6, 6.07) is 7.03. The number of carbonyl (C=O) groups is 1. The van der Waals surface area contributed by atoms with E-state index in [2.05, 4.69) is 5.32 Å². The Hall–Kier alpha value is -1.37. The molecule has 2 aromatic carbocycles. The first-order chi connectivity index (χ1) is 14.3. The van der Waals surface area contributed by atoms with Gasteiger partial charge in [0.15, 0.2) is 5.75 Å². The lowest BCUT2D eigenvalue weighted by Crippen LogP contribution is -2.25. The van der Waals surface area contributed by atoms with Crippen LogP contribution in [-0.2, 0) is 0 Å². The Morgan fingerprint density at radius 1 is 1.03 bits per heavy atom. The van der Waals surface area contributed by atoms with Crippen molar-refractivity contribution in [3.05, 3.63) is 67.3 Å². The summed E-state index contributed by atoms with van der Waals surface area (Å²) in [5, 5.41) is 3.47. The molecule has 0 spiro atoms. The van der Waals surface area contributed by atoms with Crippen LogP contribution in [0.4, 0.5) is 4.39 Å². The highest BCUT2D eigenvalue weighted by atomic mass is 35.5. The first-order valence-corrected chi connectivity index (χ1v) is 10.7. The second-order valence-electron chi connectivity index (χ2n) is 5.96. The van der Waals surface area contributed by atoms with E-state index < -0.39 is 11.7 Å². The predicted octanol–water partition coefficient (Wildman–Crippen LogP) is 7.07. The minimum absolute atomic E-state index is 0.0552. The average Bonchev–Trinajstić information content (AvgIpc) is 2.65. The van der Waals surface area contributed by atoms with Crippen LogP contribution in [0.2, 0.25) is 15.1 Å². The van der Waals surface area contributed by atoms with Crippen molar-refractivity contribution in [1.82, 2.24) is 5.32 Å². The van der Waals surface area contributed by atoms with Crippen LogP contribution in [0.25, 0.3) is 0 Å². The van der Waals surface area contributed by atoms with E-state index in [1.165, 1.54) is 18.2 Å². The predicted molar refractivity (Wildman–Crippen MR) is 120 cm³/mol. The number of rotatable bonds is 10. The van der Waals surface area contributed by atoms with Crippen molar-refractivity contribution < 1.29 is 18.7 Å². The smallest absolute Gasteiger partial charge is 0.254 e. The van der Waals surface area contributed by atoms with E-state index >= 15 is 0 Å². The number of benzene rings is 2. The second kappa shape index (κ2) is 12.5. The van der Waals surface area contributed by atoms with Gasteiger partial charge in [0.1, 0.15) is 22.7 Å². The zero-order valence-corrected chi connectivity index (χ0v) is 19.3. The van der Waals surface area contributed by atoms with Gasteiger partial charge in [-0.1, -0.05) is 58.0 Å². The zero-order valence-electron chi connectivity index (χ0n) is 15.5. The van der Waals surface area contributed by atoms with Crippen LogP contribution in [0.1, 0.15) is 23.2 Å². The Morgan fingerprint density at radius 3 is 2.37 bits per heavy atom. The number of hydrogen-bond donors (Lipinski definition) is 1. The Balaban J connectivity index is 1.75. The highest BCUT2D eigenvalue weighted by Gasteiger charge is 2.12. The van der Waals surface area contributed by atoms with E-state index in [0.717, 1.165) is 6.07 Å². The van der Waals surface area contributed by atoms with Crippen LogP contribution in [0.5, 0.6) is 11.5 Å². The maximum absolute atomic E-state index is 13.7. The van der Waals surface area contributed by atoms with Gasteiger partial charge >= 0.3 is 0 Å². The Kier molecular flexibility index (Phi) is 10.4. The van der Waals surface area contributed by atoms with E-state index in [4.69, 9.17) is 67.5 Å². The molecule has 4 nitrogen and oxygen atoms in total. The van der Waals surface area contributed by atoms with Gasteiger partial charge in [0, 0.05) is 23.7 Å². The number of hydrogen-bond acceptors (Lipinski definition) is 3. The molecule has 162 valence electrons. The van der Waals surface area contributed by atoms with Crippen molar-refractivity contribution in [2.45, 2.75) is 12.8 Å². The normalized spacial score (nSPS) is 10.5. The lowest BCUT2D eigenvalue weighted by molar-refractivity contribution is 0.0948. The van der Waals surface area contributed by atoms with E-state index in [1.807, 2.05) is 0 Å². The van der Waals surface area contributed by atoms with Gasteiger partial charge in [-0.2, -0.15) is 0 Å². The topological polar surface area (TPSA) is 47.6 Å². The van der Waals surface area contributed by atoms with E-state index in [1.54, 1.807) is 12.1 Å². The molecule has 0 aliphatic rings. The second-order valence-corrected chi connectivity index (χ2v) is 8.22. The van der Waals surface area contributed by atoms with Crippen LogP contribution in [0.15, 0.2) is 40.9 Å². The lowest BCUT2D eigenvalue weighted by atomic mass is 10.2. The number of halogens is 6. The number of unbranched alkanes of at least 4 members (excludes halogenated alkanes) is 1. The maximum atomic E-state index is 13.7. The van der Waals surface area contributed by atoms with Crippen molar-refractivity contribution in [1.29, 1.82) is 0 Å². The first kappa shape index (κ1) is 24.9. The standard InChI is InChI=1S/C20H17Cl5FNO3/c21-12-3-4-14(17(26)9-12)20(28)27-6-1-2-7-30-19-15(22)10-13(11-16(19)23)29-8-5-18(24)25/h3-5,9-11H,1-2,6-8H2,(H,27,28). The van der Waals surface area contributed by atoms with Gasteiger partial charge in [-0.05, 0) is 37.1 Å². The quantitative estimate of drug-likeness (QED) is 0.344. The summed E-state index contributed by atoms with van der Waals surface area (Å²) in [6.45, 7) is 0.853. The SMILES string of the molecule is O=C(NCCCCOc1c(Cl)cc(OCC=C(Cl)Cl)cc1Cl)c1ccc(Cl)cc1F. The highest BCUT2D eigenvalue weighted by Crippen LogP contribution is 2.37. The third-order valence-corrected chi connectivity index (χ3v) is 4.84. The number of carbonyl (C=O) groups excluding carboxylic acids is 1. The molecule has 10 heteroatoms. The van der Waals surface area contributed by atoms with Gasteiger partial charge in [0.05, 0.1) is 22.2 Å². The molecular formula is C20H17Cl5FNO3. The summed E-state index contributed by atoms with van der Waals surface area (Å²) in [5.74, 6) is -0.386. The Morgan fingerprint density at radius 2 is 1.73 bits per heavy atom. The number of amides is 1. The van der Waals surface area contributed by atoms with E-state index in [0.29, 0.717) is 47.5 Å². The van der Waals surface area contributed by atoms with Crippen molar-refractivity contribution in [2.75, 3.05) is 19.8 Å². The van der Waals surface area contributed by atoms with Crippen LogP contribution in [0, 0.1) is 5.82 Å².